The van der Waals surface area contributed by atoms with Crippen LogP contribution < -0.4 is 4.74 Å². The van der Waals surface area contributed by atoms with Gasteiger partial charge in [0.2, 0.25) is 0 Å². The van der Waals surface area contributed by atoms with Gasteiger partial charge >= 0.3 is 0 Å². The minimum Gasteiger partial charge on any atom is -0.457 e. The van der Waals surface area contributed by atoms with Gasteiger partial charge < -0.3 is 4.74 Å². The molecule has 0 N–H and O–H groups in total. The van der Waals surface area contributed by atoms with Gasteiger partial charge in [0.05, 0.1) is 42.5 Å². The van der Waals surface area contributed by atoms with Crippen molar-refractivity contribution in [2.24, 2.45) is 0 Å². The Morgan fingerprint density at radius 2 is 0.911 bits per heavy atom. The molecule has 0 spiro atoms. The molecule has 0 radical (unpaired) electrons. The number of para-hydroxylation sites is 4. The number of nitrogens with zero attached hydrogens (tertiary/aromatic N) is 4. The Labute approximate surface area is 333 Å². The maximum absolute atomic E-state index is 7.09. The van der Waals surface area contributed by atoms with Gasteiger partial charge in [0.1, 0.15) is 11.5 Å². The molecule has 1 aliphatic rings. The van der Waals surface area contributed by atoms with E-state index >= 15 is 0 Å². The maximum Gasteiger partial charge on any atom is 0.195 e. The van der Waals surface area contributed by atoms with E-state index in [0.29, 0.717) is 0 Å². The van der Waals surface area contributed by atoms with E-state index < -0.39 is 0 Å². The Bertz CT molecular complexity index is 3070. The SMILES string of the molecule is CC(C)(C)c1cc2c(cc1-c1cccc3c1sc1nc4ccccc4n13)C(C)(C)c1cc(-c3cccc4c3sc3nc5ccccc5n34)c(C(C)(C)C)cc1O2. The topological polar surface area (TPSA) is 43.8 Å². The third kappa shape index (κ3) is 4.71. The van der Waals surface area contributed by atoms with Crippen LogP contribution in [0.1, 0.15) is 77.6 Å². The molecule has 0 aliphatic carbocycles. The Kier molecular flexibility index (Phi) is 6.82. The smallest absolute Gasteiger partial charge is 0.195 e. The van der Waals surface area contributed by atoms with Crippen LogP contribution in [0.4, 0.5) is 0 Å². The molecule has 0 atom stereocenters. The zero-order chi connectivity index (χ0) is 38.5. The molecule has 1 aliphatic heterocycles. The van der Waals surface area contributed by atoms with Crippen LogP contribution in [0, 0.1) is 0 Å². The van der Waals surface area contributed by atoms with Crippen LogP contribution in [-0.2, 0) is 16.2 Å². The van der Waals surface area contributed by atoms with Crippen LogP contribution in [-0.4, -0.2) is 18.8 Å². The van der Waals surface area contributed by atoms with E-state index in [1.165, 1.54) is 64.9 Å². The average Bonchev–Trinajstić information content (AvgIpc) is 3.91. The molecule has 56 heavy (non-hydrogen) atoms. The Hall–Kier alpha value is -5.50. The number of thiazole rings is 2. The zero-order valence-corrected chi connectivity index (χ0v) is 34.5. The van der Waals surface area contributed by atoms with Crippen molar-refractivity contribution < 1.29 is 4.74 Å². The first kappa shape index (κ1) is 33.8. The monoisotopic (exact) mass is 766 g/mol. The van der Waals surface area contributed by atoms with Crippen molar-refractivity contribution in [3.8, 4) is 33.8 Å². The van der Waals surface area contributed by atoms with Crippen molar-refractivity contribution in [1.29, 1.82) is 0 Å². The van der Waals surface area contributed by atoms with E-state index in [0.717, 1.165) is 43.5 Å². The predicted octanol–water partition coefficient (Wildman–Crippen LogP) is 14.1. The zero-order valence-electron chi connectivity index (χ0n) is 32.9. The van der Waals surface area contributed by atoms with Crippen LogP contribution >= 0.6 is 22.7 Å². The third-order valence-electron chi connectivity index (χ3n) is 11.9. The lowest BCUT2D eigenvalue weighted by molar-refractivity contribution is 0.413. The van der Waals surface area contributed by atoms with Crippen molar-refractivity contribution in [1.82, 2.24) is 18.8 Å². The average molecular weight is 767 g/mol. The highest BCUT2D eigenvalue weighted by molar-refractivity contribution is 7.24. The van der Waals surface area contributed by atoms with E-state index in [2.05, 4.69) is 173 Å². The van der Waals surface area contributed by atoms with Crippen LogP contribution in [0.3, 0.4) is 0 Å². The summed E-state index contributed by atoms with van der Waals surface area (Å²) in [5.41, 5.74) is 16.0. The van der Waals surface area contributed by atoms with Gasteiger partial charge in [-0.2, -0.15) is 0 Å². The fourth-order valence-corrected chi connectivity index (χ4v) is 11.4. The summed E-state index contributed by atoms with van der Waals surface area (Å²) in [6.07, 6.45) is 0. The normalized spacial score (nSPS) is 14.4. The van der Waals surface area contributed by atoms with E-state index in [-0.39, 0.29) is 16.2 Å². The quantitative estimate of drug-likeness (QED) is 0.176. The lowest BCUT2D eigenvalue weighted by Gasteiger charge is -2.38. The van der Waals surface area contributed by atoms with Crippen molar-refractivity contribution in [2.45, 2.75) is 71.6 Å². The van der Waals surface area contributed by atoms with Crippen molar-refractivity contribution >= 4 is 75.1 Å². The van der Waals surface area contributed by atoms with E-state index in [1.54, 1.807) is 22.7 Å². The van der Waals surface area contributed by atoms with E-state index in [1.807, 2.05) is 0 Å². The van der Waals surface area contributed by atoms with Gasteiger partial charge in [-0.1, -0.05) is 127 Å². The van der Waals surface area contributed by atoms with Gasteiger partial charge in [-0.05, 0) is 93.7 Å². The molecule has 0 fully saturated rings. The fraction of sp³-hybridized carbons (Fsp3) is 0.224. The van der Waals surface area contributed by atoms with Crippen molar-refractivity contribution in [2.75, 3.05) is 0 Å². The van der Waals surface area contributed by atoms with Gasteiger partial charge in [0.15, 0.2) is 9.92 Å². The molecule has 276 valence electrons. The first-order valence-electron chi connectivity index (χ1n) is 19.4. The highest BCUT2D eigenvalue weighted by Crippen LogP contribution is 2.54. The number of aromatic nitrogens is 4. The highest BCUT2D eigenvalue weighted by atomic mass is 32.1. The summed E-state index contributed by atoms with van der Waals surface area (Å²) in [7, 11) is 0. The molecule has 0 saturated heterocycles. The van der Waals surface area contributed by atoms with Crippen LogP contribution in [0.15, 0.2) is 109 Å². The van der Waals surface area contributed by atoms with Gasteiger partial charge in [-0.3, -0.25) is 8.80 Å². The number of hydrogen-bond donors (Lipinski definition) is 0. The second-order valence-electron chi connectivity index (χ2n) is 18.0. The van der Waals surface area contributed by atoms with Gasteiger partial charge in [-0.15, -0.1) is 0 Å². The molecule has 5 heterocycles. The second kappa shape index (κ2) is 11.3. The maximum atomic E-state index is 7.09. The minimum absolute atomic E-state index is 0.130. The molecule has 11 rings (SSSR count). The standard InChI is InChI=1S/C49H42N4OS2/c1-47(2,3)31-25-41-33(23-29(31)27-15-13-21-39-43(27)55-45-50-35-17-9-11-19-37(35)52(39)45)49(7,8)34-24-30(32(48(4,5)6)26-42(34)54-41)28-16-14-22-40-44(28)56-46-51-36-18-10-12-20-38(36)53(40)46/h9-26H,1-8H3. The second-order valence-corrected chi connectivity index (χ2v) is 19.9. The third-order valence-corrected chi connectivity index (χ3v) is 14.1. The minimum atomic E-state index is -0.346. The Balaban J connectivity index is 1.13. The van der Waals surface area contributed by atoms with Gasteiger partial charge in [0.25, 0.3) is 0 Å². The molecule has 10 aromatic rings. The molecule has 0 saturated carbocycles. The lowest BCUT2D eigenvalue weighted by Crippen LogP contribution is -2.27. The van der Waals surface area contributed by atoms with Crippen molar-refractivity contribution in [3.63, 3.8) is 0 Å². The largest absolute Gasteiger partial charge is 0.457 e. The van der Waals surface area contributed by atoms with Gasteiger partial charge in [-0.25, -0.2) is 9.97 Å². The highest BCUT2D eigenvalue weighted by Gasteiger charge is 2.38. The Morgan fingerprint density at radius 1 is 0.500 bits per heavy atom. The van der Waals surface area contributed by atoms with E-state index in [4.69, 9.17) is 14.7 Å². The van der Waals surface area contributed by atoms with Gasteiger partial charge in [0, 0.05) is 27.7 Å². The van der Waals surface area contributed by atoms with Crippen LogP contribution in [0.2, 0.25) is 0 Å². The Morgan fingerprint density at radius 3 is 1.34 bits per heavy atom. The molecule has 5 nitrogen and oxygen atoms in total. The summed E-state index contributed by atoms with van der Waals surface area (Å²) in [4.78, 5) is 12.1. The summed E-state index contributed by atoms with van der Waals surface area (Å²) >= 11 is 3.55. The van der Waals surface area contributed by atoms with Crippen LogP contribution in [0.25, 0.3) is 74.7 Å². The first-order chi connectivity index (χ1) is 26.8. The molecular weight excluding hydrogens is 725 g/mol. The van der Waals surface area contributed by atoms with Crippen molar-refractivity contribution in [3.05, 3.63) is 131 Å². The molecule has 4 aromatic heterocycles. The number of fused-ring (bicyclic) bond motifs is 12. The summed E-state index contributed by atoms with van der Waals surface area (Å²) in [6.45, 7) is 18.6. The molecular formula is C49H42N4OS2. The molecule has 0 bridgehead atoms. The number of hydrogen-bond acceptors (Lipinski definition) is 5. The lowest BCUT2D eigenvalue weighted by atomic mass is 9.70. The number of rotatable bonds is 2. The first-order valence-corrected chi connectivity index (χ1v) is 21.0. The molecule has 0 amide bonds. The number of ether oxygens (including phenoxy) is 1. The summed E-state index contributed by atoms with van der Waals surface area (Å²) in [6, 6.07) is 39.8. The summed E-state index contributed by atoms with van der Waals surface area (Å²) in [5.74, 6) is 1.88. The number of benzene rings is 6. The molecule has 6 aromatic carbocycles. The fourth-order valence-electron chi connectivity index (χ4n) is 9.09. The predicted molar refractivity (Wildman–Crippen MR) is 237 cm³/mol. The molecule has 7 heteroatoms. The number of imidazole rings is 2. The molecule has 0 unspecified atom stereocenters. The van der Waals surface area contributed by atoms with Crippen LogP contribution in [0.5, 0.6) is 11.5 Å². The summed E-state index contributed by atoms with van der Waals surface area (Å²) in [5, 5.41) is 0. The summed E-state index contributed by atoms with van der Waals surface area (Å²) < 4.78 is 14.2. The van der Waals surface area contributed by atoms with E-state index in [9.17, 15) is 0 Å².